The van der Waals surface area contributed by atoms with E-state index in [2.05, 4.69) is 18.4 Å². The highest BCUT2D eigenvalue weighted by atomic mass is 31.2. The molecule has 0 heterocycles. The Hall–Kier alpha value is -0.670. The van der Waals surface area contributed by atoms with E-state index in [-0.39, 0.29) is 0 Å². The standard InChI is InChI=1S/C3H7N2O4P/c1-7-10(6,8-2)9-3-5-4/h3H,1-2H3. The van der Waals surface area contributed by atoms with Gasteiger partial charge in [-0.2, -0.15) is 0 Å². The highest BCUT2D eigenvalue weighted by Gasteiger charge is 2.23. The van der Waals surface area contributed by atoms with E-state index in [1.54, 1.807) is 0 Å². The van der Waals surface area contributed by atoms with Crippen LogP contribution in [0.5, 0.6) is 0 Å². The van der Waals surface area contributed by atoms with Gasteiger partial charge in [0.1, 0.15) is 0 Å². The van der Waals surface area contributed by atoms with Gasteiger partial charge in [-0.1, -0.05) is 0 Å². The molecular formula is C3H7N2O4P. The third kappa shape index (κ3) is 2.75. The molecule has 7 heteroatoms. The van der Waals surface area contributed by atoms with Gasteiger partial charge < -0.3 is 10.1 Å². The van der Waals surface area contributed by atoms with E-state index in [0.29, 0.717) is 6.40 Å². The van der Waals surface area contributed by atoms with Gasteiger partial charge in [-0.25, -0.2) is 4.57 Å². The third-order valence-corrected chi connectivity index (χ3v) is 1.92. The Morgan fingerprint density at radius 2 is 2.00 bits per heavy atom. The van der Waals surface area contributed by atoms with Gasteiger partial charge >= 0.3 is 14.2 Å². The molecule has 0 unspecified atom stereocenters. The average Bonchev–Trinajstić information content (AvgIpc) is 2.00. The van der Waals surface area contributed by atoms with Crippen LogP contribution in [0.2, 0.25) is 0 Å². The summed E-state index contributed by atoms with van der Waals surface area (Å²) in [5, 5.41) is 0. The lowest BCUT2D eigenvalue weighted by molar-refractivity contribution is -0.0183. The summed E-state index contributed by atoms with van der Waals surface area (Å²) in [5.74, 6) is 0. The Morgan fingerprint density at radius 3 is 2.30 bits per heavy atom. The van der Waals surface area contributed by atoms with Crippen molar-refractivity contribution in [2.24, 2.45) is 0 Å². The second-order valence-electron chi connectivity index (χ2n) is 1.14. The van der Waals surface area contributed by atoms with Gasteiger partial charge in [0.25, 0.3) is 0 Å². The van der Waals surface area contributed by atoms with Crippen LogP contribution < -0.4 is 0 Å². The predicted molar refractivity (Wildman–Crippen MR) is 32.4 cm³/mol. The fourth-order valence-corrected chi connectivity index (χ4v) is 0.718. The van der Waals surface area contributed by atoms with E-state index in [4.69, 9.17) is 5.53 Å². The molecule has 0 aliphatic carbocycles. The number of hydrogen-bond donors (Lipinski definition) is 0. The zero-order valence-electron chi connectivity index (χ0n) is 5.55. The first-order valence-electron chi connectivity index (χ1n) is 2.24. The number of phosphoric ester groups is 1. The van der Waals surface area contributed by atoms with Crippen LogP contribution in [-0.2, 0) is 18.1 Å². The summed E-state index contributed by atoms with van der Waals surface area (Å²) in [4.78, 5) is 2.44. The van der Waals surface area contributed by atoms with E-state index in [1.807, 2.05) is 0 Å². The Balaban J connectivity index is 4.06. The fraction of sp³-hybridized carbons (Fsp3) is 0.667. The number of rotatable bonds is 4. The molecule has 0 N–H and O–H groups in total. The molecule has 0 saturated carbocycles. The summed E-state index contributed by atoms with van der Waals surface area (Å²) in [7, 11) is -1.21. The molecule has 0 fully saturated rings. The van der Waals surface area contributed by atoms with Crippen molar-refractivity contribution in [2.45, 2.75) is 0 Å². The summed E-state index contributed by atoms with van der Waals surface area (Å²) in [6.45, 7) is 0. The minimum Gasteiger partial charge on any atom is -0.358 e. The molecule has 0 saturated heterocycles. The molecule has 0 amide bonds. The number of nitrogens with zero attached hydrogens (tertiary/aromatic N) is 2. The van der Waals surface area contributed by atoms with Crippen molar-refractivity contribution in [1.82, 2.24) is 0 Å². The highest BCUT2D eigenvalue weighted by Crippen LogP contribution is 2.46. The van der Waals surface area contributed by atoms with E-state index in [9.17, 15) is 4.57 Å². The lowest BCUT2D eigenvalue weighted by Crippen LogP contribution is -1.92. The van der Waals surface area contributed by atoms with Crippen LogP contribution in [0.15, 0.2) is 0 Å². The van der Waals surface area contributed by atoms with Crippen molar-refractivity contribution in [3.63, 3.8) is 0 Å². The third-order valence-electron chi connectivity index (χ3n) is 0.671. The molecule has 0 bridgehead atoms. The first kappa shape index (κ1) is 9.33. The van der Waals surface area contributed by atoms with Gasteiger partial charge in [0.15, 0.2) is 0 Å². The van der Waals surface area contributed by atoms with Crippen LogP contribution in [0.4, 0.5) is 0 Å². The zero-order valence-corrected chi connectivity index (χ0v) is 6.45. The molecule has 0 radical (unpaired) electrons. The first-order chi connectivity index (χ1) is 4.68. The van der Waals surface area contributed by atoms with Gasteiger partial charge in [0.05, 0.1) is 0 Å². The van der Waals surface area contributed by atoms with E-state index in [0.717, 1.165) is 14.2 Å². The van der Waals surface area contributed by atoms with Crippen LogP contribution in [-0.4, -0.2) is 25.4 Å². The van der Waals surface area contributed by atoms with Crippen molar-refractivity contribution < 1.29 is 22.9 Å². The summed E-state index contributed by atoms with van der Waals surface area (Å²) in [6.07, 6.45) is 0.563. The quantitative estimate of drug-likeness (QED) is 0.202. The molecule has 0 aromatic carbocycles. The smallest absolute Gasteiger partial charge is 0.358 e. The van der Waals surface area contributed by atoms with E-state index in [1.165, 1.54) is 0 Å². The van der Waals surface area contributed by atoms with Crippen LogP contribution in [0, 0.1) is 0 Å². The maximum Gasteiger partial charge on any atom is 0.533 e. The molecule has 0 rings (SSSR count). The van der Waals surface area contributed by atoms with Gasteiger partial charge in [-0.3, -0.25) is 9.05 Å². The summed E-state index contributed by atoms with van der Waals surface area (Å²) in [5.41, 5.74) is 7.83. The highest BCUT2D eigenvalue weighted by molar-refractivity contribution is 7.48. The maximum absolute atomic E-state index is 10.8. The summed E-state index contributed by atoms with van der Waals surface area (Å²) in [6, 6.07) is 0. The number of phosphoric acid groups is 1. The van der Waals surface area contributed by atoms with E-state index < -0.39 is 7.82 Å². The lowest BCUT2D eigenvalue weighted by Gasteiger charge is -2.06. The zero-order chi connectivity index (χ0) is 8.04. The van der Waals surface area contributed by atoms with Crippen LogP contribution in [0.3, 0.4) is 0 Å². The molecule has 0 aliphatic heterocycles. The van der Waals surface area contributed by atoms with Gasteiger partial charge in [0, 0.05) is 14.2 Å². The van der Waals surface area contributed by atoms with Crippen molar-refractivity contribution in [1.29, 1.82) is 0 Å². The Kier molecular flexibility index (Phi) is 3.91. The predicted octanol–water partition coefficient (Wildman–Crippen LogP) is 0.662. The van der Waals surface area contributed by atoms with E-state index >= 15 is 0 Å². The minimum absolute atomic E-state index is 0.563. The summed E-state index contributed by atoms with van der Waals surface area (Å²) >= 11 is 0. The minimum atomic E-state index is -3.51. The van der Waals surface area contributed by atoms with Gasteiger partial charge in [-0.05, 0) is 0 Å². The largest absolute Gasteiger partial charge is 0.533 e. The molecular weight excluding hydrogens is 159 g/mol. The normalized spacial score (nSPS) is 10.2. The van der Waals surface area contributed by atoms with Gasteiger partial charge in [-0.15, -0.1) is 4.79 Å². The Bertz CT molecular complexity index is 179. The van der Waals surface area contributed by atoms with Crippen LogP contribution >= 0.6 is 7.82 Å². The monoisotopic (exact) mass is 166 g/mol. The second kappa shape index (κ2) is 4.19. The van der Waals surface area contributed by atoms with Gasteiger partial charge in [0.2, 0.25) is 0 Å². The Morgan fingerprint density at radius 1 is 1.50 bits per heavy atom. The average molecular weight is 166 g/mol. The fourth-order valence-electron chi connectivity index (χ4n) is 0.239. The molecule has 0 atom stereocenters. The van der Waals surface area contributed by atoms with Crippen molar-refractivity contribution in [3.8, 4) is 0 Å². The van der Waals surface area contributed by atoms with Crippen molar-refractivity contribution >= 4 is 14.2 Å². The van der Waals surface area contributed by atoms with Crippen molar-refractivity contribution in [3.05, 3.63) is 5.53 Å². The lowest BCUT2D eigenvalue weighted by atomic mass is 11.6. The second-order valence-corrected chi connectivity index (χ2v) is 2.97. The molecule has 0 aromatic heterocycles. The maximum atomic E-state index is 10.8. The molecule has 6 nitrogen and oxygen atoms in total. The topological polar surface area (TPSA) is 81.2 Å². The Labute approximate surface area is 57.9 Å². The summed E-state index contributed by atoms with van der Waals surface area (Å²) < 4.78 is 23.7. The molecule has 0 spiro atoms. The molecule has 10 heavy (non-hydrogen) atoms. The SMILES string of the molecule is COP(=O)(OC)OC=[N+]=[N-]. The van der Waals surface area contributed by atoms with Crippen LogP contribution in [0.1, 0.15) is 0 Å². The molecule has 0 aromatic rings. The van der Waals surface area contributed by atoms with Crippen LogP contribution in [0.25, 0.3) is 5.53 Å². The van der Waals surface area contributed by atoms with Crippen molar-refractivity contribution in [2.75, 3.05) is 14.2 Å². The molecule has 0 aliphatic rings. The molecule has 58 valence electrons. The first-order valence-corrected chi connectivity index (χ1v) is 3.70. The number of hydrogen-bond acceptors (Lipinski definition) is 4.